The highest BCUT2D eigenvalue weighted by molar-refractivity contribution is 6.30. The average Bonchev–Trinajstić information content (AvgIpc) is 3.53. The van der Waals surface area contributed by atoms with E-state index in [1.54, 1.807) is 17.3 Å². The molecule has 2 amide bonds. The highest BCUT2D eigenvalue weighted by atomic mass is 35.5. The van der Waals surface area contributed by atoms with Crippen molar-refractivity contribution >= 4 is 29.1 Å². The molecule has 1 aromatic carbocycles. The van der Waals surface area contributed by atoms with Crippen molar-refractivity contribution in [2.24, 2.45) is 5.10 Å². The van der Waals surface area contributed by atoms with Crippen molar-refractivity contribution < 1.29 is 14.0 Å². The molecule has 2 aromatic rings. The highest BCUT2D eigenvalue weighted by Crippen LogP contribution is 2.34. The van der Waals surface area contributed by atoms with E-state index in [0.717, 1.165) is 24.4 Å². The smallest absolute Gasteiger partial charge is 0.260 e. The topological polar surface area (TPSA) is 81.4 Å². The van der Waals surface area contributed by atoms with Crippen molar-refractivity contribution in [2.45, 2.75) is 25.4 Å². The largest absolute Gasteiger partial charge is 0.467 e. The van der Waals surface area contributed by atoms with Gasteiger partial charge in [0.1, 0.15) is 11.8 Å². The quantitative estimate of drug-likeness (QED) is 0.584. The number of hydrazone groups is 1. The number of rotatable bonds is 8. The minimum Gasteiger partial charge on any atom is -0.467 e. The SMILES string of the molecule is C=CCNC(=O)CN1CCN(C(C)C(=O)N2N=C(c3ccc(Cl)cc3)CC2c2ccco2)CC1. The zero-order valence-electron chi connectivity index (χ0n) is 19.3. The maximum Gasteiger partial charge on any atom is 0.260 e. The summed E-state index contributed by atoms with van der Waals surface area (Å²) in [7, 11) is 0. The lowest BCUT2D eigenvalue weighted by Crippen LogP contribution is -2.55. The molecule has 1 N–H and O–H groups in total. The fourth-order valence-electron chi connectivity index (χ4n) is 4.33. The monoisotopic (exact) mass is 483 g/mol. The summed E-state index contributed by atoms with van der Waals surface area (Å²) in [5, 5.41) is 9.76. The molecule has 180 valence electrons. The summed E-state index contributed by atoms with van der Waals surface area (Å²) in [6, 6.07) is 10.6. The van der Waals surface area contributed by atoms with Crippen LogP contribution in [0.15, 0.2) is 64.8 Å². The van der Waals surface area contributed by atoms with Crippen molar-refractivity contribution in [2.75, 3.05) is 39.3 Å². The van der Waals surface area contributed by atoms with E-state index in [2.05, 4.69) is 21.7 Å². The Hall–Kier alpha value is -2.94. The number of nitrogens with zero attached hydrogens (tertiary/aromatic N) is 4. The van der Waals surface area contributed by atoms with Crippen LogP contribution in [-0.2, 0) is 9.59 Å². The maximum absolute atomic E-state index is 13.6. The molecule has 1 aromatic heterocycles. The zero-order valence-corrected chi connectivity index (χ0v) is 20.1. The Morgan fingerprint density at radius 1 is 1.24 bits per heavy atom. The van der Waals surface area contributed by atoms with E-state index in [4.69, 9.17) is 21.1 Å². The lowest BCUT2D eigenvalue weighted by Gasteiger charge is -2.38. The first-order valence-electron chi connectivity index (χ1n) is 11.5. The predicted molar refractivity (Wildman–Crippen MR) is 132 cm³/mol. The van der Waals surface area contributed by atoms with Crippen LogP contribution in [0, 0.1) is 0 Å². The van der Waals surface area contributed by atoms with E-state index >= 15 is 0 Å². The number of carbonyl (C=O) groups is 2. The van der Waals surface area contributed by atoms with Gasteiger partial charge in [0.15, 0.2) is 0 Å². The van der Waals surface area contributed by atoms with Gasteiger partial charge in [0.25, 0.3) is 5.91 Å². The van der Waals surface area contributed by atoms with E-state index in [0.29, 0.717) is 43.4 Å². The molecule has 1 fully saturated rings. The Morgan fingerprint density at radius 3 is 2.62 bits per heavy atom. The van der Waals surface area contributed by atoms with Crippen LogP contribution < -0.4 is 5.32 Å². The van der Waals surface area contributed by atoms with Gasteiger partial charge in [-0.05, 0) is 36.8 Å². The average molecular weight is 484 g/mol. The normalized spacial score (nSPS) is 20.1. The number of carbonyl (C=O) groups excluding carboxylic acids is 2. The number of amides is 2. The first-order chi connectivity index (χ1) is 16.5. The molecule has 34 heavy (non-hydrogen) atoms. The van der Waals surface area contributed by atoms with Crippen molar-refractivity contribution in [1.29, 1.82) is 0 Å². The maximum atomic E-state index is 13.6. The van der Waals surface area contributed by atoms with E-state index in [1.165, 1.54) is 0 Å². The summed E-state index contributed by atoms with van der Waals surface area (Å²) in [6.45, 7) is 9.20. The second-order valence-corrected chi connectivity index (χ2v) is 8.99. The van der Waals surface area contributed by atoms with Crippen LogP contribution in [0.2, 0.25) is 5.02 Å². The summed E-state index contributed by atoms with van der Waals surface area (Å²) in [5.74, 6) is 0.631. The molecule has 0 aliphatic carbocycles. The van der Waals surface area contributed by atoms with Gasteiger partial charge >= 0.3 is 0 Å². The van der Waals surface area contributed by atoms with Crippen molar-refractivity contribution in [3.05, 3.63) is 71.7 Å². The number of benzene rings is 1. The third-order valence-corrected chi connectivity index (χ3v) is 6.56. The summed E-state index contributed by atoms with van der Waals surface area (Å²) in [6.07, 6.45) is 3.85. The predicted octanol–water partition coefficient (Wildman–Crippen LogP) is 2.92. The van der Waals surface area contributed by atoms with Crippen LogP contribution in [0.5, 0.6) is 0 Å². The summed E-state index contributed by atoms with van der Waals surface area (Å²) >= 11 is 6.04. The first kappa shape index (κ1) is 24.2. The van der Waals surface area contributed by atoms with Gasteiger partial charge in [-0.2, -0.15) is 5.10 Å². The number of piperazine rings is 1. The number of nitrogens with one attached hydrogen (secondary N) is 1. The Morgan fingerprint density at radius 2 is 1.97 bits per heavy atom. The molecule has 2 atom stereocenters. The van der Waals surface area contributed by atoms with E-state index in [-0.39, 0.29) is 23.9 Å². The minimum absolute atomic E-state index is 0.0140. The molecule has 9 heteroatoms. The number of halogens is 1. The van der Waals surface area contributed by atoms with Crippen LogP contribution >= 0.6 is 11.6 Å². The molecule has 2 aliphatic rings. The molecule has 8 nitrogen and oxygen atoms in total. The Bertz CT molecular complexity index is 1030. The van der Waals surface area contributed by atoms with Gasteiger partial charge in [0, 0.05) is 44.2 Å². The molecule has 0 bridgehead atoms. The molecule has 0 saturated carbocycles. The van der Waals surface area contributed by atoms with Crippen LogP contribution in [0.4, 0.5) is 0 Å². The minimum atomic E-state index is -0.345. The summed E-state index contributed by atoms with van der Waals surface area (Å²) in [5.41, 5.74) is 1.77. The second kappa shape index (κ2) is 11.0. The molecule has 4 rings (SSSR count). The third-order valence-electron chi connectivity index (χ3n) is 6.31. The standard InChI is InChI=1S/C25H30ClN5O3/c1-3-10-27-24(32)17-29-11-13-30(14-12-29)18(2)25(33)31-22(23-5-4-15-34-23)16-21(28-31)19-6-8-20(26)9-7-19/h3-9,15,18,22H,1,10-14,16-17H2,2H3,(H,27,32). The Labute approximate surface area is 204 Å². The van der Waals surface area contributed by atoms with Crippen LogP contribution in [0.3, 0.4) is 0 Å². The summed E-state index contributed by atoms with van der Waals surface area (Å²) in [4.78, 5) is 29.8. The highest BCUT2D eigenvalue weighted by Gasteiger charge is 2.38. The summed E-state index contributed by atoms with van der Waals surface area (Å²) < 4.78 is 5.65. The van der Waals surface area contributed by atoms with Crippen LogP contribution in [-0.4, -0.2) is 77.6 Å². The fourth-order valence-corrected chi connectivity index (χ4v) is 4.46. The molecule has 2 aliphatic heterocycles. The molecule has 3 heterocycles. The lowest BCUT2D eigenvalue weighted by atomic mass is 10.0. The van der Waals surface area contributed by atoms with Gasteiger partial charge in [-0.15, -0.1) is 6.58 Å². The van der Waals surface area contributed by atoms with Crippen LogP contribution in [0.25, 0.3) is 0 Å². The van der Waals surface area contributed by atoms with Gasteiger partial charge < -0.3 is 9.73 Å². The van der Waals surface area contributed by atoms with Crippen molar-refractivity contribution in [1.82, 2.24) is 20.1 Å². The molecular weight excluding hydrogens is 454 g/mol. The Kier molecular flexibility index (Phi) is 7.82. The van der Waals surface area contributed by atoms with Crippen molar-refractivity contribution in [3.63, 3.8) is 0 Å². The first-order valence-corrected chi connectivity index (χ1v) is 11.9. The number of hydrogen-bond acceptors (Lipinski definition) is 6. The van der Waals surface area contributed by atoms with E-state index in [9.17, 15) is 9.59 Å². The van der Waals surface area contributed by atoms with Gasteiger partial charge in [-0.1, -0.05) is 29.8 Å². The van der Waals surface area contributed by atoms with Gasteiger partial charge in [-0.3, -0.25) is 19.4 Å². The van der Waals surface area contributed by atoms with Crippen LogP contribution in [0.1, 0.15) is 30.7 Å². The Balaban J connectivity index is 1.42. The fraction of sp³-hybridized carbons (Fsp3) is 0.400. The number of hydrogen-bond donors (Lipinski definition) is 1. The van der Waals surface area contributed by atoms with Gasteiger partial charge in [0.2, 0.25) is 5.91 Å². The van der Waals surface area contributed by atoms with Crippen molar-refractivity contribution in [3.8, 4) is 0 Å². The second-order valence-electron chi connectivity index (χ2n) is 8.55. The molecular formula is C25H30ClN5O3. The van der Waals surface area contributed by atoms with E-state index in [1.807, 2.05) is 43.3 Å². The molecule has 2 unspecified atom stereocenters. The molecule has 0 radical (unpaired) electrons. The van der Waals surface area contributed by atoms with Gasteiger partial charge in [-0.25, -0.2) is 5.01 Å². The zero-order chi connectivity index (χ0) is 24.1. The molecule has 0 spiro atoms. The number of furan rings is 1. The molecule has 1 saturated heterocycles. The van der Waals surface area contributed by atoms with Gasteiger partial charge in [0.05, 0.1) is 24.6 Å². The van der Waals surface area contributed by atoms with E-state index < -0.39 is 0 Å². The third kappa shape index (κ3) is 5.58. The lowest BCUT2D eigenvalue weighted by molar-refractivity contribution is -0.139.